The molecule has 3 rings (SSSR count). The zero-order chi connectivity index (χ0) is 12.7. The maximum absolute atomic E-state index is 12.2. The lowest BCUT2D eigenvalue weighted by atomic mass is 9.80. The van der Waals surface area contributed by atoms with Gasteiger partial charge in [0.1, 0.15) is 0 Å². The van der Waals surface area contributed by atoms with E-state index >= 15 is 0 Å². The number of urea groups is 1. The van der Waals surface area contributed by atoms with Crippen LogP contribution in [0.2, 0.25) is 0 Å². The molecule has 2 aliphatic heterocycles. The number of benzene rings is 1. The number of hydrogen-bond donors (Lipinski definition) is 1. The summed E-state index contributed by atoms with van der Waals surface area (Å²) in [6.45, 7) is 4.16. The molecule has 2 fully saturated rings. The first kappa shape index (κ1) is 11.6. The van der Waals surface area contributed by atoms with Crippen molar-refractivity contribution in [2.24, 2.45) is 0 Å². The van der Waals surface area contributed by atoms with Gasteiger partial charge in [0.2, 0.25) is 0 Å². The van der Waals surface area contributed by atoms with Crippen LogP contribution in [0.3, 0.4) is 0 Å². The molecule has 0 radical (unpaired) electrons. The summed E-state index contributed by atoms with van der Waals surface area (Å²) in [4.78, 5) is 14.3. The van der Waals surface area contributed by atoms with Gasteiger partial charge in [-0.3, -0.25) is 0 Å². The van der Waals surface area contributed by atoms with Gasteiger partial charge in [0, 0.05) is 19.2 Å². The third kappa shape index (κ3) is 1.88. The van der Waals surface area contributed by atoms with E-state index in [1.807, 2.05) is 17.0 Å². The molecule has 1 aromatic carbocycles. The molecule has 0 saturated carbocycles. The lowest BCUT2D eigenvalue weighted by molar-refractivity contribution is 0.0173. The van der Waals surface area contributed by atoms with Crippen LogP contribution < -0.4 is 5.32 Å². The third-order valence-corrected chi connectivity index (χ3v) is 4.40. The van der Waals surface area contributed by atoms with Crippen LogP contribution in [-0.2, 0) is 0 Å². The maximum Gasteiger partial charge on any atom is 0.322 e. The molecule has 2 unspecified atom stereocenters. The number of carbonyl (C=O) groups excluding carboxylic acids is 1. The number of nitrogens with zero attached hydrogens (tertiary/aromatic N) is 1. The zero-order valence-corrected chi connectivity index (χ0v) is 11.1. The molecule has 2 heterocycles. The Kier molecular flexibility index (Phi) is 2.77. The van der Waals surface area contributed by atoms with Gasteiger partial charge in [0.15, 0.2) is 0 Å². The van der Waals surface area contributed by atoms with Crippen LogP contribution in [0.5, 0.6) is 0 Å². The van der Waals surface area contributed by atoms with E-state index in [2.05, 4.69) is 25.2 Å². The Labute approximate surface area is 110 Å². The smallest absolute Gasteiger partial charge is 0.318 e. The molecule has 0 aromatic heterocycles. The highest BCUT2D eigenvalue weighted by atomic mass is 16.2. The van der Waals surface area contributed by atoms with Gasteiger partial charge < -0.3 is 10.2 Å². The lowest BCUT2D eigenvalue weighted by Gasteiger charge is -2.52. The quantitative estimate of drug-likeness (QED) is 0.805. The molecule has 3 nitrogen and oxygen atoms in total. The summed E-state index contributed by atoms with van der Waals surface area (Å²) in [5, 5.41) is 3.03. The Bertz CT molecular complexity index is 475. The average Bonchev–Trinajstić information content (AvgIpc) is 2.34. The molecule has 18 heavy (non-hydrogen) atoms. The van der Waals surface area contributed by atoms with Crippen LogP contribution in [0.25, 0.3) is 0 Å². The van der Waals surface area contributed by atoms with Gasteiger partial charge in [-0.25, -0.2) is 4.79 Å². The summed E-state index contributed by atoms with van der Waals surface area (Å²) in [7, 11) is 0. The zero-order valence-electron chi connectivity index (χ0n) is 11.1. The fourth-order valence-electron chi connectivity index (χ4n) is 3.14. The van der Waals surface area contributed by atoms with Gasteiger partial charge in [-0.1, -0.05) is 6.07 Å². The van der Waals surface area contributed by atoms with Crippen LogP contribution in [0, 0.1) is 13.8 Å². The SMILES string of the molecule is Cc1ccc(NC(=O)N2C3CCCC2C3)cc1C.[HH]. The fraction of sp³-hybridized carbons (Fsp3) is 0.533. The van der Waals surface area contributed by atoms with Crippen molar-refractivity contribution in [3.63, 3.8) is 0 Å². The maximum atomic E-state index is 12.2. The minimum Gasteiger partial charge on any atom is -0.318 e. The van der Waals surface area contributed by atoms with Crippen molar-refractivity contribution in [1.29, 1.82) is 0 Å². The van der Waals surface area contributed by atoms with Crippen LogP contribution in [0.15, 0.2) is 18.2 Å². The Morgan fingerprint density at radius 1 is 1.28 bits per heavy atom. The highest BCUT2D eigenvalue weighted by molar-refractivity contribution is 5.90. The number of fused-ring (bicyclic) bond motifs is 2. The number of hydrogen-bond acceptors (Lipinski definition) is 1. The third-order valence-electron chi connectivity index (χ3n) is 4.40. The highest BCUT2D eigenvalue weighted by Gasteiger charge is 2.44. The first-order chi connectivity index (χ1) is 8.65. The highest BCUT2D eigenvalue weighted by Crippen LogP contribution is 2.38. The van der Waals surface area contributed by atoms with E-state index < -0.39 is 0 Å². The second-order valence-electron chi connectivity index (χ2n) is 5.61. The normalized spacial score (nSPS) is 25.6. The van der Waals surface area contributed by atoms with Crippen LogP contribution in [-0.4, -0.2) is 23.0 Å². The molecular weight excluding hydrogens is 224 g/mol. The van der Waals surface area contributed by atoms with E-state index in [-0.39, 0.29) is 7.46 Å². The van der Waals surface area contributed by atoms with Crippen LogP contribution in [0.1, 0.15) is 38.2 Å². The van der Waals surface area contributed by atoms with E-state index in [1.54, 1.807) is 0 Å². The second-order valence-corrected chi connectivity index (χ2v) is 5.61. The van der Waals surface area contributed by atoms with Crippen molar-refractivity contribution < 1.29 is 6.22 Å². The van der Waals surface area contributed by atoms with E-state index in [4.69, 9.17) is 0 Å². The van der Waals surface area contributed by atoms with E-state index in [0.29, 0.717) is 12.1 Å². The fourth-order valence-corrected chi connectivity index (χ4v) is 3.14. The molecule has 3 heteroatoms. The molecule has 2 aliphatic rings. The molecule has 2 saturated heterocycles. The van der Waals surface area contributed by atoms with Crippen molar-refractivity contribution in [3.05, 3.63) is 29.3 Å². The summed E-state index contributed by atoms with van der Waals surface area (Å²) < 4.78 is 0. The van der Waals surface area contributed by atoms with Crippen molar-refractivity contribution in [1.82, 2.24) is 4.90 Å². The summed E-state index contributed by atoms with van der Waals surface area (Å²) in [5.41, 5.74) is 3.39. The number of rotatable bonds is 1. The summed E-state index contributed by atoms with van der Waals surface area (Å²) in [6.07, 6.45) is 4.84. The number of aryl methyl sites for hydroxylation is 2. The number of anilines is 1. The monoisotopic (exact) mass is 246 g/mol. The average molecular weight is 246 g/mol. The van der Waals surface area contributed by atoms with Gasteiger partial charge in [0.05, 0.1) is 0 Å². The van der Waals surface area contributed by atoms with Crippen molar-refractivity contribution >= 4 is 11.7 Å². The number of nitrogens with one attached hydrogen (secondary N) is 1. The van der Waals surface area contributed by atoms with Crippen LogP contribution >= 0.6 is 0 Å². The van der Waals surface area contributed by atoms with Crippen molar-refractivity contribution in [2.75, 3.05) is 5.32 Å². The molecule has 2 bridgehead atoms. The predicted octanol–water partition coefficient (Wildman–Crippen LogP) is 3.71. The largest absolute Gasteiger partial charge is 0.322 e. The van der Waals surface area contributed by atoms with E-state index in [0.717, 1.165) is 5.69 Å². The number of carbonyl (C=O) groups is 1. The van der Waals surface area contributed by atoms with Gasteiger partial charge in [-0.2, -0.15) is 0 Å². The van der Waals surface area contributed by atoms with E-state index in [1.165, 1.54) is 36.8 Å². The summed E-state index contributed by atoms with van der Waals surface area (Å²) in [6, 6.07) is 7.16. The van der Waals surface area contributed by atoms with Gasteiger partial charge >= 0.3 is 6.03 Å². The molecule has 0 spiro atoms. The molecule has 2 atom stereocenters. The summed E-state index contributed by atoms with van der Waals surface area (Å²) in [5.74, 6) is 0. The van der Waals surface area contributed by atoms with Gasteiger partial charge in [-0.15, -0.1) is 0 Å². The Hall–Kier alpha value is -1.51. The minimum atomic E-state index is 0. The molecular formula is C15H22N2O. The van der Waals surface area contributed by atoms with Crippen molar-refractivity contribution in [2.45, 2.75) is 51.6 Å². The first-order valence-electron chi connectivity index (χ1n) is 6.82. The second kappa shape index (κ2) is 4.30. The van der Waals surface area contributed by atoms with Gasteiger partial charge in [-0.05, 0) is 62.8 Å². The minimum absolute atomic E-state index is 0. The lowest BCUT2D eigenvalue weighted by Crippen LogP contribution is -2.62. The molecule has 2 amide bonds. The summed E-state index contributed by atoms with van der Waals surface area (Å²) >= 11 is 0. The first-order valence-corrected chi connectivity index (χ1v) is 6.82. The van der Waals surface area contributed by atoms with E-state index in [9.17, 15) is 4.79 Å². The number of piperidine rings is 1. The molecule has 0 aliphatic carbocycles. The molecule has 1 N–H and O–H groups in total. The van der Waals surface area contributed by atoms with Crippen molar-refractivity contribution in [3.8, 4) is 0 Å². The molecule has 1 aromatic rings. The molecule has 98 valence electrons. The van der Waals surface area contributed by atoms with Gasteiger partial charge in [0.25, 0.3) is 0 Å². The Balaban J connectivity index is 0.00000133. The van der Waals surface area contributed by atoms with Crippen LogP contribution in [0.4, 0.5) is 10.5 Å². The Morgan fingerprint density at radius 3 is 2.61 bits per heavy atom. The number of amides is 2. The topological polar surface area (TPSA) is 32.3 Å². The standard InChI is InChI=1S/C15H20N2O.H2/c1-10-6-7-12(8-11(10)2)16-15(18)17-13-4-3-5-14(17)9-13;/h6-8,13-14H,3-5,9H2,1-2H3,(H,16,18);1H. The predicted molar refractivity (Wildman–Crippen MR) is 74.9 cm³/mol. The Morgan fingerprint density at radius 2 is 2.00 bits per heavy atom.